The van der Waals surface area contributed by atoms with Gasteiger partial charge in [-0.1, -0.05) is 11.6 Å². The molecule has 0 aliphatic rings. The van der Waals surface area contributed by atoms with Gasteiger partial charge in [0.15, 0.2) is 0 Å². The van der Waals surface area contributed by atoms with Crippen LogP contribution in [0.5, 0.6) is 0 Å². The normalized spacial score (nSPS) is 12.4. The Labute approximate surface area is 151 Å². The zero-order valence-corrected chi connectivity index (χ0v) is 15.2. The predicted molar refractivity (Wildman–Crippen MR) is 97.2 cm³/mol. The van der Waals surface area contributed by atoms with E-state index >= 15 is 0 Å². The summed E-state index contributed by atoms with van der Waals surface area (Å²) in [5.41, 5.74) is 6.83. The Hall–Kier alpha value is -2.12. The van der Waals surface area contributed by atoms with Crippen molar-refractivity contribution in [2.24, 2.45) is 10.7 Å². The number of nitrogens with zero attached hydrogens (tertiary/aromatic N) is 2. The Morgan fingerprint density at radius 2 is 2.04 bits per heavy atom. The summed E-state index contributed by atoms with van der Waals surface area (Å²) in [4.78, 5) is 21.8. The summed E-state index contributed by atoms with van der Waals surface area (Å²) >= 11 is 9.31. The monoisotopic (exact) mass is 413 g/mol. The third-order valence-corrected chi connectivity index (χ3v) is 4.14. The van der Waals surface area contributed by atoms with Gasteiger partial charge in [0.05, 0.1) is 10.2 Å². The zero-order valence-electron chi connectivity index (χ0n) is 12.9. The summed E-state index contributed by atoms with van der Waals surface area (Å²) < 4.78 is 14.5. The Balaban J connectivity index is 2.81. The Kier molecular flexibility index (Phi) is 5.80. The van der Waals surface area contributed by atoms with Gasteiger partial charge in [-0.05, 0) is 59.4 Å². The minimum absolute atomic E-state index is 0.161. The molecule has 0 amide bonds. The van der Waals surface area contributed by atoms with Crippen molar-refractivity contribution in [3.63, 3.8) is 0 Å². The molecular weight excluding hydrogens is 401 g/mol. The number of pyridine rings is 1. The second-order valence-electron chi connectivity index (χ2n) is 4.77. The van der Waals surface area contributed by atoms with E-state index in [4.69, 9.17) is 22.2 Å². The highest BCUT2D eigenvalue weighted by molar-refractivity contribution is 9.10. The molecule has 8 heteroatoms. The number of allylic oxidation sites excluding steroid dienone is 1. The van der Waals surface area contributed by atoms with E-state index in [1.54, 1.807) is 6.92 Å². The van der Waals surface area contributed by atoms with Gasteiger partial charge in [0, 0.05) is 11.1 Å². The second-order valence-corrected chi connectivity index (χ2v) is 5.98. The smallest absolute Gasteiger partial charge is 0.298 e. The molecule has 0 bridgehead atoms. The van der Waals surface area contributed by atoms with Crippen LogP contribution in [0.15, 0.2) is 56.4 Å². The summed E-state index contributed by atoms with van der Waals surface area (Å²) in [6, 6.07) is 7.12. The van der Waals surface area contributed by atoms with Crippen LogP contribution in [0.3, 0.4) is 0 Å². The Bertz CT molecular complexity index is 876. The molecule has 0 atom stereocenters. The maximum Gasteiger partial charge on any atom is 0.298 e. The van der Waals surface area contributed by atoms with Crippen molar-refractivity contribution in [3.05, 3.63) is 62.7 Å². The molecule has 0 aliphatic carbocycles. The van der Waals surface area contributed by atoms with Gasteiger partial charge in [-0.25, -0.2) is 9.38 Å². The molecule has 0 saturated carbocycles. The maximum absolute atomic E-state index is 13.2. The van der Waals surface area contributed by atoms with E-state index < -0.39 is 11.4 Å². The van der Waals surface area contributed by atoms with E-state index in [1.165, 1.54) is 43.6 Å². The first-order chi connectivity index (χ1) is 11.4. The van der Waals surface area contributed by atoms with Gasteiger partial charge in [-0.2, -0.15) is 0 Å². The van der Waals surface area contributed by atoms with Gasteiger partial charge < -0.3 is 10.6 Å². The topological polar surface area (TPSA) is 69.6 Å². The molecule has 24 heavy (non-hydrogen) atoms. The molecule has 0 fully saturated rings. The number of hydrogen-bond acceptors (Lipinski definition) is 4. The van der Waals surface area contributed by atoms with Gasteiger partial charge in [-0.15, -0.1) is 4.73 Å². The van der Waals surface area contributed by atoms with Crippen LogP contribution in [0.4, 0.5) is 10.1 Å². The van der Waals surface area contributed by atoms with Crippen LogP contribution in [-0.4, -0.2) is 17.0 Å². The first kappa shape index (κ1) is 18.2. The highest BCUT2D eigenvalue weighted by Gasteiger charge is 2.17. The van der Waals surface area contributed by atoms with Gasteiger partial charge in [0.25, 0.3) is 5.56 Å². The van der Waals surface area contributed by atoms with Crippen molar-refractivity contribution in [1.82, 2.24) is 4.73 Å². The van der Waals surface area contributed by atoms with Crippen molar-refractivity contribution in [2.45, 2.75) is 6.92 Å². The molecule has 0 radical (unpaired) electrons. The van der Waals surface area contributed by atoms with Gasteiger partial charge in [0.1, 0.15) is 23.8 Å². The van der Waals surface area contributed by atoms with Crippen molar-refractivity contribution >= 4 is 38.4 Å². The largest absolute Gasteiger partial charge is 0.413 e. The van der Waals surface area contributed by atoms with Crippen LogP contribution >= 0.6 is 27.5 Å². The zero-order chi connectivity index (χ0) is 17.9. The van der Waals surface area contributed by atoms with Gasteiger partial charge in [-0.3, -0.25) is 4.79 Å². The molecule has 0 aliphatic heterocycles. The Morgan fingerprint density at radius 1 is 1.42 bits per heavy atom. The quantitative estimate of drug-likeness (QED) is 0.777. The molecule has 0 unspecified atom stereocenters. The van der Waals surface area contributed by atoms with Crippen LogP contribution < -0.4 is 16.1 Å². The number of benzene rings is 1. The van der Waals surface area contributed by atoms with Crippen LogP contribution in [0, 0.1) is 5.82 Å². The lowest BCUT2D eigenvalue weighted by Crippen LogP contribution is -2.27. The first-order valence-corrected chi connectivity index (χ1v) is 7.95. The minimum atomic E-state index is -0.419. The summed E-state index contributed by atoms with van der Waals surface area (Å²) in [6.07, 6.45) is 1.32. The lowest BCUT2D eigenvalue weighted by Gasteiger charge is -2.14. The van der Waals surface area contributed by atoms with Crippen LogP contribution in [0.25, 0.3) is 11.3 Å². The lowest BCUT2D eigenvalue weighted by atomic mass is 10.1. The molecule has 0 saturated heterocycles. The summed E-state index contributed by atoms with van der Waals surface area (Å²) in [5, 5.41) is 0.161. The molecule has 5 nitrogen and oxygen atoms in total. The van der Waals surface area contributed by atoms with E-state index in [2.05, 4.69) is 20.9 Å². The van der Waals surface area contributed by atoms with Crippen molar-refractivity contribution in [2.75, 3.05) is 7.11 Å². The number of rotatable bonds is 4. The average Bonchev–Trinajstić information content (AvgIpc) is 2.57. The van der Waals surface area contributed by atoms with Gasteiger partial charge >= 0.3 is 0 Å². The van der Waals surface area contributed by atoms with E-state index in [-0.39, 0.29) is 9.64 Å². The lowest BCUT2D eigenvalue weighted by molar-refractivity contribution is 0.161. The molecule has 1 aromatic carbocycles. The number of nitrogens with two attached hydrogens (primary N) is 1. The Morgan fingerprint density at radius 3 is 2.58 bits per heavy atom. The van der Waals surface area contributed by atoms with E-state index in [9.17, 15) is 9.18 Å². The molecule has 2 aromatic rings. The molecule has 1 heterocycles. The van der Waals surface area contributed by atoms with E-state index in [0.29, 0.717) is 22.5 Å². The van der Waals surface area contributed by atoms with Crippen molar-refractivity contribution < 1.29 is 9.23 Å². The number of aliphatic imine (C=N–C) groups is 1. The molecule has 2 rings (SSSR count). The first-order valence-electron chi connectivity index (χ1n) is 6.78. The van der Waals surface area contributed by atoms with Crippen LogP contribution in [0.2, 0.25) is 0 Å². The maximum atomic E-state index is 13.2. The molecule has 1 aromatic heterocycles. The van der Waals surface area contributed by atoms with E-state index in [0.717, 1.165) is 4.73 Å². The highest BCUT2D eigenvalue weighted by Crippen LogP contribution is 2.31. The third kappa shape index (κ3) is 3.68. The standard InChI is InChI=1S/C16H14BrClFN3O2/c1-9(8-20)15(18)21-13-7-12(17)16(23)22(24-2)14(13)10-3-5-11(19)6-4-10/h3-8H,20H2,1-2H3. The van der Waals surface area contributed by atoms with Crippen molar-refractivity contribution in [1.29, 1.82) is 0 Å². The third-order valence-electron chi connectivity index (χ3n) is 3.19. The van der Waals surface area contributed by atoms with E-state index in [1.807, 2.05) is 0 Å². The van der Waals surface area contributed by atoms with Crippen LogP contribution in [-0.2, 0) is 0 Å². The number of hydrogen-bond donors (Lipinski definition) is 1. The fourth-order valence-electron chi connectivity index (χ4n) is 1.95. The summed E-state index contributed by atoms with van der Waals surface area (Å²) in [6.45, 7) is 1.70. The highest BCUT2D eigenvalue weighted by atomic mass is 79.9. The van der Waals surface area contributed by atoms with Gasteiger partial charge in [0.2, 0.25) is 0 Å². The summed E-state index contributed by atoms with van der Waals surface area (Å²) in [7, 11) is 1.35. The number of aromatic nitrogens is 1. The molecule has 126 valence electrons. The SMILES string of the molecule is COn1c(-c2ccc(F)cc2)c(N=C(Cl)C(C)=CN)cc(Br)c1=O. The minimum Gasteiger partial charge on any atom is -0.413 e. The predicted octanol–water partition coefficient (Wildman–Crippen LogP) is 3.61. The number of halogens is 3. The van der Waals surface area contributed by atoms with Crippen LogP contribution in [0.1, 0.15) is 6.92 Å². The fraction of sp³-hybridized carbons (Fsp3) is 0.125. The molecule has 0 spiro atoms. The second kappa shape index (κ2) is 7.63. The molecule has 2 N–H and O–H groups in total. The fourth-order valence-corrected chi connectivity index (χ4v) is 2.48. The average molecular weight is 415 g/mol. The van der Waals surface area contributed by atoms with Crippen molar-refractivity contribution in [3.8, 4) is 11.3 Å². The molecular formula is C16H14BrClFN3O2. The summed E-state index contributed by atoms with van der Waals surface area (Å²) in [5.74, 6) is -0.396.